The summed E-state index contributed by atoms with van der Waals surface area (Å²) in [6.07, 6.45) is 1.74. The lowest BCUT2D eigenvalue weighted by Gasteiger charge is -2.11. The normalized spacial score (nSPS) is 19.2. The fraction of sp³-hybridized carbons (Fsp3) is 0.400. The second-order valence-electron chi connectivity index (χ2n) is 3.49. The molecule has 0 aromatic heterocycles. The highest BCUT2D eigenvalue weighted by molar-refractivity contribution is 6.30. The van der Waals surface area contributed by atoms with Gasteiger partial charge in [0.25, 0.3) is 0 Å². The van der Waals surface area contributed by atoms with E-state index in [1.54, 1.807) is 0 Å². The third-order valence-electron chi connectivity index (χ3n) is 2.42. The van der Waals surface area contributed by atoms with Crippen molar-refractivity contribution in [3.63, 3.8) is 0 Å². The van der Waals surface area contributed by atoms with Gasteiger partial charge in [0.15, 0.2) is 0 Å². The third kappa shape index (κ3) is 1.23. The van der Waals surface area contributed by atoms with Crippen LogP contribution in [0.3, 0.4) is 0 Å². The molecule has 0 atom stereocenters. The van der Waals surface area contributed by atoms with E-state index in [1.807, 2.05) is 25.1 Å². The standard InChI is InChI=1S/C10H11ClO/c1-7-2-3-8(11)6-9(7)10(12)4-5-10/h2-3,6,12H,4-5H2,1H3. The van der Waals surface area contributed by atoms with Crippen LogP contribution in [-0.4, -0.2) is 5.11 Å². The van der Waals surface area contributed by atoms with Crippen LogP contribution in [0.5, 0.6) is 0 Å². The summed E-state index contributed by atoms with van der Waals surface area (Å²) >= 11 is 5.84. The number of rotatable bonds is 1. The van der Waals surface area contributed by atoms with Crippen molar-refractivity contribution in [2.24, 2.45) is 0 Å². The smallest absolute Gasteiger partial charge is 0.0902 e. The van der Waals surface area contributed by atoms with Crippen LogP contribution in [0.1, 0.15) is 24.0 Å². The lowest BCUT2D eigenvalue weighted by atomic mass is 10.0. The highest BCUT2D eigenvalue weighted by atomic mass is 35.5. The van der Waals surface area contributed by atoms with E-state index in [0.29, 0.717) is 5.02 Å². The molecule has 1 aromatic carbocycles. The monoisotopic (exact) mass is 182 g/mol. The van der Waals surface area contributed by atoms with Gasteiger partial charge < -0.3 is 5.11 Å². The molecule has 2 rings (SSSR count). The molecule has 0 amide bonds. The molecule has 1 aliphatic rings. The van der Waals surface area contributed by atoms with E-state index in [1.165, 1.54) is 0 Å². The van der Waals surface area contributed by atoms with Crippen molar-refractivity contribution in [2.45, 2.75) is 25.4 Å². The molecule has 2 heteroatoms. The lowest BCUT2D eigenvalue weighted by Crippen LogP contribution is -2.06. The van der Waals surface area contributed by atoms with Crippen molar-refractivity contribution in [3.8, 4) is 0 Å². The second-order valence-corrected chi connectivity index (χ2v) is 3.93. The minimum atomic E-state index is -0.561. The molecule has 1 aliphatic carbocycles. The molecular weight excluding hydrogens is 172 g/mol. The highest BCUT2D eigenvalue weighted by Gasteiger charge is 2.43. The zero-order chi connectivity index (χ0) is 8.77. The van der Waals surface area contributed by atoms with E-state index in [2.05, 4.69) is 0 Å². The second kappa shape index (κ2) is 2.48. The van der Waals surface area contributed by atoms with E-state index < -0.39 is 5.60 Å². The number of hydrogen-bond donors (Lipinski definition) is 1. The van der Waals surface area contributed by atoms with Crippen LogP contribution in [0, 0.1) is 6.92 Å². The number of hydrogen-bond acceptors (Lipinski definition) is 1. The topological polar surface area (TPSA) is 20.2 Å². The molecular formula is C10H11ClO. The van der Waals surface area contributed by atoms with E-state index in [-0.39, 0.29) is 0 Å². The van der Waals surface area contributed by atoms with Gasteiger partial charge in [0.1, 0.15) is 0 Å². The van der Waals surface area contributed by atoms with Gasteiger partial charge >= 0.3 is 0 Å². The van der Waals surface area contributed by atoms with Crippen LogP contribution in [0.25, 0.3) is 0 Å². The minimum absolute atomic E-state index is 0.561. The van der Waals surface area contributed by atoms with Crippen LogP contribution in [0.2, 0.25) is 5.02 Å². The van der Waals surface area contributed by atoms with Gasteiger partial charge in [0, 0.05) is 5.02 Å². The molecule has 0 aliphatic heterocycles. The Kier molecular flexibility index (Phi) is 1.67. The predicted octanol–water partition coefficient (Wildman–Crippen LogP) is 2.63. The number of halogens is 1. The van der Waals surface area contributed by atoms with Gasteiger partial charge in [-0.3, -0.25) is 0 Å². The molecule has 1 aromatic rings. The van der Waals surface area contributed by atoms with Crippen LogP contribution < -0.4 is 0 Å². The molecule has 0 saturated heterocycles. The average Bonchev–Trinajstić information content (AvgIpc) is 2.75. The Bertz CT molecular complexity index is 316. The van der Waals surface area contributed by atoms with E-state index >= 15 is 0 Å². The number of aliphatic hydroxyl groups is 1. The van der Waals surface area contributed by atoms with E-state index in [0.717, 1.165) is 24.0 Å². The first-order valence-electron chi connectivity index (χ1n) is 4.11. The molecule has 1 fully saturated rings. The lowest BCUT2D eigenvalue weighted by molar-refractivity contribution is 0.151. The fourth-order valence-corrected chi connectivity index (χ4v) is 1.66. The summed E-state index contributed by atoms with van der Waals surface area (Å²) in [6, 6.07) is 5.67. The van der Waals surface area contributed by atoms with Crippen LogP contribution in [-0.2, 0) is 5.60 Å². The van der Waals surface area contributed by atoms with Crippen molar-refractivity contribution in [2.75, 3.05) is 0 Å². The Balaban J connectivity index is 2.48. The first-order chi connectivity index (χ1) is 5.62. The summed E-state index contributed by atoms with van der Waals surface area (Å²) < 4.78 is 0. The van der Waals surface area contributed by atoms with Crippen LogP contribution in [0.4, 0.5) is 0 Å². The number of aryl methyl sites for hydroxylation is 1. The Morgan fingerprint density at radius 1 is 1.42 bits per heavy atom. The van der Waals surface area contributed by atoms with Crippen molar-refractivity contribution < 1.29 is 5.11 Å². The Hall–Kier alpha value is -0.530. The number of benzene rings is 1. The van der Waals surface area contributed by atoms with Crippen molar-refractivity contribution in [1.29, 1.82) is 0 Å². The van der Waals surface area contributed by atoms with Gasteiger partial charge in [-0.05, 0) is 43.0 Å². The van der Waals surface area contributed by atoms with Gasteiger partial charge in [0.05, 0.1) is 5.60 Å². The summed E-state index contributed by atoms with van der Waals surface area (Å²) in [5.41, 5.74) is 1.56. The minimum Gasteiger partial charge on any atom is -0.385 e. The molecule has 1 nitrogen and oxygen atoms in total. The maximum absolute atomic E-state index is 9.85. The summed E-state index contributed by atoms with van der Waals surface area (Å²) in [4.78, 5) is 0. The van der Waals surface area contributed by atoms with Gasteiger partial charge in [-0.25, -0.2) is 0 Å². The summed E-state index contributed by atoms with van der Waals surface area (Å²) in [6.45, 7) is 2.00. The quantitative estimate of drug-likeness (QED) is 0.708. The molecule has 0 radical (unpaired) electrons. The predicted molar refractivity (Wildman–Crippen MR) is 49.3 cm³/mol. The van der Waals surface area contributed by atoms with Crippen molar-refractivity contribution >= 4 is 11.6 Å². The van der Waals surface area contributed by atoms with Gasteiger partial charge in [-0.2, -0.15) is 0 Å². The van der Waals surface area contributed by atoms with Crippen molar-refractivity contribution in [1.82, 2.24) is 0 Å². The highest BCUT2D eigenvalue weighted by Crippen LogP contribution is 2.46. The fourth-order valence-electron chi connectivity index (χ4n) is 1.48. The summed E-state index contributed by atoms with van der Waals surface area (Å²) in [5.74, 6) is 0. The van der Waals surface area contributed by atoms with Crippen LogP contribution in [0.15, 0.2) is 18.2 Å². The zero-order valence-corrected chi connectivity index (χ0v) is 7.73. The van der Waals surface area contributed by atoms with Gasteiger partial charge in [-0.15, -0.1) is 0 Å². The van der Waals surface area contributed by atoms with E-state index in [9.17, 15) is 5.11 Å². The molecule has 1 saturated carbocycles. The third-order valence-corrected chi connectivity index (χ3v) is 2.66. The molecule has 0 bridgehead atoms. The molecule has 0 heterocycles. The van der Waals surface area contributed by atoms with Crippen LogP contribution >= 0.6 is 11.6 Å². The average molecular weight is 183 g/mol. The maximum Gasteiger partial charge on any atom is 0.0902 e. The van der Waals surface area contributed by atoms with E-state index in [4.69, 9.17) is 11.6 Å². The van der Waals surface area contributed by atoms with Gasteiger partial charge in [0.2, 0.25) is 0 Å². The maximum atomic E-state index is 9.85. The Labute approximate surface area is 77.0 Å². The SMILES string of the molecule is Cc1ccc(Cl)cc1C1(O)CC1. The van der Waals surface area contributed by atoms with Gasteiger partial charge in [-0.1, -0.05) is 17.7 Å². The first kappa shape index (κ1) is 8.09. The molecule has 12 heavy (non-hydrogen) atoms. The molecule has 1 N–H and O–H groups in total. The Morgan fingerprint density at radius 2 is 2.08 bits per heavy atom. The molecule has 0 unspecified atom stereocenters. The zero-order valence-electron chi connectivity index (χ0n) is 6.97. The summed E-state index contributed by atoms with van der Waals surface area (Å²) in [7, 11) is 0. The first-order valence-corrected chi connectivity index (χ1v) is 4.49. The Morgan fingerprint density at radius 3 is 2.67 bits per heavy atom. The van der Waals surface area contributed by atoms with Crippen molar-refractivity contribution in [3.05, 3.63) is 34.3 Å². The molecule has 0 spiro atoms. The summed E-state index contributed by atoms with van der Waals surface area (Å²) in [5, 5.41) is 10.6. The largest absolute Gasteiger partial charge is 0.385 e. The molecule has 64 valence electrons.